The van der Waals surface area contributed by atoms with E-state index in [0.29, 0.717) is 17.5 Å². The summed E-state index contributed by atoms with van der Waals surface area (Å²) in [7, 11) is -3.24. The molecule has 1 aliphatic heterocycles. The van der Waals surface area contributed by atoms with Crippen molar-refractivity contribution < 1.29 is 17.9 Å². The van der Waals surface area contributed by atoms with Gasteiger partial charge in [0.15, 0.2) is 9.84 Å². The van der Waals surface area contributed by atoms with Crippen LogP contribution >= 0.6 is 0 Å². The Balaban J connectivity index is 1.58. The molecule has 0 aliphatic carbocycles. The molecule has 1 fully saturated rings. The number of aromatic nitrogens is 2. The summed E-state index contributed by atoms with van der Waals surface area (Å²) in [5.41, 5.74) is 1.98. The van der Waals surface area contributed by atoms with E-state index >= 15 is 0 Å². The Labute approximate surface area is 182 Å². The first-order valence-corrected chi connectivity index (χ1v) is 12.1. The van der Waals surface area contributed by atoms with E-state index in [1.807, 2.05) is 12.1 Å². The Morgan fingerprint density at radius 3 is 2.55 bits per heavy atom. The lowest BCUT2D eigenvalue weighted by molar-refractivity contribution is 0.0664. The molecule has 31 heavy (non-hydrogen) atoms. The number of nitrogens with one attached hydrogen (secondary N) is 1. The first-order chi connectivity index (χ1) is 15.0. The van der Waals surface area contributed by atoms with Gasteiger partial charge in [-0.2, -0.15) is 0 Å². The van der Waals surface area contributed by atoms with Crippen molar-refractivity contribution in [3.05, 3.63) is 66.6 Å². The first-order valence-electron chi connectivity index (χ1n) is 10.2. The molecule has 162 valence electrons. The Bertz CT molecular complexity index is 1110. The Kier molecular flexibility index (Phi) is 6.48. The van der Waals surface area contributed by atoms with Gasteiger partial charge in [0, 0.05) is 37.6 Å². The number of hydrogen-bond acceptors (Lipinski definition) is 7. The molecule has 0 saturated carbocycles. The Hall–Kier alpha value is -2.97. The summed E-state index contributed by atoms with van der Waals surface area (Å²) in [4.78, 5) is 8.62. The van der Waals surface area contributed by atoms with Gasteiger partial charge < -0.3 is 14.8 Å². The van der Waals surface area contributed by atoms with Crippen molar-refractivity contribution in [3.8, 4) is 11.5 Å². The summed E-state index contributed by atoms with van der Waals surface area (Å²) >= 11 is 0. The monoisotopic (exact) mass is 439 g/mol. The van der Waals surface area contributed by atoms with Crippen LogP contribution in [-0.4, -0.2) is 37.9 Å². The highest BCUT2D eigenvalue weighted by molar-refractivity contribution is 7.90. The van der Waals surface area contributed by atoms with Gasteiger partial charge in [0.2, 0.25) is 0 Å². The van der Waals surface area contributed by atoms with Gasteiger partial charge in [0.05, 0.1) is 11.1 Å². The quantitative estimate of drug-likeness (QED) is 0.584. The molecule has 2 heterocycles. The maximum absolute atomic E-state index is 11.7. The number of sulfone groups is 1. The summed E-state index contributed by atoms with van der Waals surface area (Å²) in [6.07, 6.45) is 9.05. The summed E-state index contributed by atoms with van der Waals surface area (Å²) in [6.45, 7) is 1.57. The maximum atomic E-state index is 11.7. The molecule has 0 spiro atoms. The van der Waals surface area contributed by atoms with Crippen LogP contribution in [-0.2, 0) is 21.0 Å². The summed E-state index contributed by atoms with van der Waals surface area (Å²) in [5.74, 6) is 2.54. The third kappa shape index (κ3) is 5.80. The lowest BCUT2D eigenvalue weighted by atomic mass is 9.92. The van der Waals surface area contributed by atoms with Crippen LogP contribution in [0.4, 0.5) is 11.5 Å². The van der Waals surface area contributed by atoms with Gasteiger partial charge in [-0.3, -0.25) is 4.98 Å². The van der Waals surface area contributed by atoms with E-state index in [4.69, 9.17) is 9.47 Å². The molecule has 1 N–H and O–H groups in total. The predicted octanol–water partition coefficient (Wildman–Crippen LogP) is 4.39. The molecule has 1 aliphatic rings. The van der Waals surface area contributed by atoms with Crippen molar-refractivity contribution >= 4 is 21.3 Å². The fraction of sp³-hybridized carbons (Fsp3) is 0.304. The number of ether oxygens (including phenoxy) is 2. The van der Waals surface area contributed by atoms with Gasteiger partial charge in [-0.15, -0.1) is 0 Å². The average Bonchev–Trinajstić information content (AvgIpc) is 2.77. The molecule has 1 saturated heterocycles. The molecule has 7 nitrogen and oxygen atoms in total. The van der Waals surface area contributed by atoms with Crippen molar-refractivity contribution in [3.63, 3.8) is 0 Å². The second-order valence-electron chi connectivity index (χ2n) is 7.64. The number of anilines is 2. The minimum atomic E-state index is -3.24. The molecule has 8 heteroatoms. The summed E-state index contributed by atoms with van der Waals surface area (Å²) < 4.78 is 35.0. The zero-order valence-corrected chi connectivity index (χ0v) is 18.1. The van der Waals surface area contributed by atoms with Crippen molar-refractivity contribution in [1.82, 2.24) is 9.97 Å². The fourth-order valence-corrected chi connectivity index (χ4v) is 4.20. The van der Waals surface area contributed by atoms with Crippen LogP contribution in [0.15, 0.2) is 66.0 Å². The molecular weight excluding hydrogens is 414 g/mol. The number of nitrogens with zero attached hydrogens (tertiary/aromatic N) is 2. The SMILES string of the molecule is CS(=O)(=O)c1ccc(Oc2ccc(Nc3cnccn3)cc2CC2CCOCC2)cc1. The second-order valence-corrected chi connectivity index (χ2v) is 9.66. The van der Waals surface area contributed by atoms with E-state index in [9.17, 15) is 8.42 Å². The molecule has 0 amide bonds. The van der Waals surface area contributed by atoms with Gasteiger partial charge >= 0.3 is 0 Å². The average molecular weight is 440 g/mol. The van der Waals surface area contributed by atoms with Crippen molar-refractivity contribution in [1.29, 1.82) is 0 Å². The standard InChI is InChI=1S/C23H25N3O4S/c1-31(27,28)21-5-3-20(4-6-21)30-22-7-2-19(26-23-16-24-10-11-25-23)15-18(22)14-17-8-12-29-13-9-17/h2-7,10-11,15-17H,8-9,12-14H2,1H3,(H,25,26). The van der Waals surface area contributed by atoms with Gasteiger partial charge in [-0.25, -0.2) is 13.4 Å². The summed E-state index contributed by atoms with van der Waals surface area (Å²) in [5, 5.41) is 3.28. The van der Waals surface area contributed by atoms with E-state index in [0.717, 1.165) is 49.5 Å². The number of benzene rings is 2. The van der Waals surface area contributed by atoms with Crippen molar-refractivity contribution in [2.24, 2.45) is 5.92 Å². The lowest BCUT2D eigenvalue weighted by Crippen LogP contribution is -2.17. The van der Waals surface area contributed by atoms with Gasteiger partial charge in [0.1, 0.15) is 17.3 Å². The maximum Gasteiger partial charge on any atom is 0.175 e. The minimum absolute atomic E-state index is 0.269. The largest absolute Gasteiger partial charge is 0.457 e. The predicted molar refractivity (Wildman–Crippen MR) is 119 cm³/mol. The van der Waals surface area contributed by atoms with Gasteiger partial charge in [0.25, 0.3) is 0 Å². The lowest BCUT2D eigenvalue weighted by Gasteiger charge is -2.23. The molecule has 1 aromatic heterocycles. The van der Waals surface area contributed by atoms with Crippen molar-refractivity contribution in [2.45, 2.75) is 24.2 Å². The fourth-order valence-electron chi connectivity index (χ4n) is 3.57. The highest BCUT2D eigenvalue weighted by atomic mass is 32.2. The molecule has 4 rings (SSSR count). The zero-order chi connectivity index (χ0) is 21.7. The van der Waals surface area contributed by atoms with Crippen LogP contribution in [0, 0.1) is 5.92 Å². The molecule has 3 aromatic rings. The first kappa shape index (κ1) is 21.3. The Morgan fingerprint density at radius 2 is 1.87 bits per heavy atom. The molecule has 0 atom stereocenters. The molecule has 0 radical (unpaired) electrons. The summed E-state index contributed by atoms with van der Waals surface area (Å²) in [6, 6.07) is 12.4. The van der Waals surface area contributed by atoms with Crippen LogP contribution in [0.2, 0.25) is 0 Å². The van der Waals surface area contributed by atoms with Crippen LogP contribution < -0.4 is 10.1 Å². The minimum Gasteiger partial charge on any atom is -0.457 e. The van der Waals surface area contributed by atoms with Gasteiger partial charge in [-0.05, 0) is 73.2 Å². The molecule has 0 bridgehead atoms. The highest BCUT2D eigenvalue weighted by Crippen LogP contribution is 2.33. The topological polar surface area (TPSA) is 90.4 Å². The molecule has 0 unspecified atom stereocenters. The van der Waals surface area contributed by atoms with E-state index < -0.39 is 9.84 Å². The van der Waals surface area contributed by atoms with Crippen LogP contribution in [0.1, 0.15) is 18.4 Å². The third-order valence-electron chi connectivity index (χ3n) is 5.23. The van der Waals surface area contributed by atoms with E-state index in [2.05, 4.69) is 21.4 Å². The Morgan fingerprint density at radius 1 is 1.10 bits per heavy atom. The normalized spacial score (nSPS) is 14.9. The van der Waals surface area contributed by atoms with Crippen LogP contribution in [0.3, 0.4) is 0 Å². The van der Waals surface area contributed by atoms with E-state index in [1.165, 1.54) is 6.26 Å². The van der Waals surface area contributed by atoms with Crippen LogP contribution in [0.5, 0.6) is 11.5 Å². The van der Waals surface area contributed by atoms with Crippen LogP contribution in [0.25, 0.3) is 0 Å². The second kappa shape index (κ2) is 9.45. The third-order valence-corrected chi connectivity index (χ3v) is 6.35. The van der Waals surface area contributed by atoms with E-state index in [1.54, 1.807) is 42.9 Å². The zero-order valence-electron chi connectivity index (χ0n) is 17.3. The van der Waals surface area contributed by atoms with Crippen molar-refractivity contribution in [2.75, 3.05) is 24.8 Å². The highest BCUT2D eigenvalue weighted by Gasteiger charge is 2.18. The molecule has 2 aromatic carbocycles. The smallest absolute Gasteiger partial charge is 0.175 e. The molecular formula is C23H25N3O4S. The number of rotatable bonds is 7. The van der Waals surface area contributed by atoms with E-state index in [-0.39, 0.29) is 4.90 Å². The van der Waals surface area contributed by atoms with Gasteiger partial charge in [-0.1, -0.05) is 0 Å². The number of hydrogen-bond donors (Lipinski definition) is 1.